The first-order valence-corrected chi connectivity index (χ1v) is 8.66. The van der Waals surface area contributed by atoms with E-state index in [-0.39, 0.29) is 11.9 Å². The lowest BCUT2D eigenvalue weighted by Gasteiger charge is -2.54. The van der Waals surface area contributed by atoms with Gasteiger partial charge in [0.15, 0.2) is 0 Å². The van der Waals surface area contributed by atoms with Crippen molar-refractivity contribution in [3.8, 4) is 0 Å². The van der Waals surface area contributed by atoms with Crippen LogP contribution in [0.2, 0.25) is 0 Å². The molecule has 0 unspecified atom stereocenters. The molecular formula is C19H32N2O3. The lowest BCUT2D eigenvalue weighted by atomic mass is 9.78. The zero-order valence-electron chi connectivity index (χ0n) is 15.8. The second-order valence-electron chi connectivity index (χ2n) is 7.69. The fourth-order valence-electron chi connectivity index (χ4n) is 3.72. The number of carbonyl (C=O) groups is 2. The van der Waals surface area contributed by atoms with E-state index in [0.29, 0.717) is 0 Å². The van der Waals surface area contributed by atoms with Crippen LogP contribution in [-0.2, 0) is 14.4 Å². The highest BCUT2D eigenvalue weighted by atomic mass is 16.7. The first kappa shape index (κ1) is 20.4. The van der Waals surface area contributed by atoms with Crippen molar-refractivity contribution < 1.29 is 14.4 Å². The zero-order chi connectivity index (χ0) is 18.5. The van der Waals surface area contributed by atoms with Gasteiger partial charge < -0.3 is 9.74 Å². The Morgan fingerprint density at radius 1 is 1.17 bits per heavy atom. The third-order valence-corrected chi connectivity index (χ3v) is 4.57. The lowest BCUT2D eigenvalue weighted by Crippen LogP contribution is -2.64. The van der Waals surface area contributed by atoms with Gasteiger partial charge >= 0.3 is 5.97 Å². The number of unbranched alkanes of at least 4 members (excludes halogenated alkanes) is 1. The van der Waals surface area contributed by atoms with Crippen molar-refractivity contribution in [1.29, 1.82) is 0 Å². The molecule has 24 heavy (non-hydrogen) atoms. The number of carbonyl (C=O) groups excluding carboxylic acids is 2. The fraction of sp³-hybridized carbons (Fsp3) is 0.684. The minimum absolute atomic E-state index is 0.0309. The molecule has 5 nitrogen and oxygen atoms in total. The minimum Gasteiger partial charge on any atom is -0.363 e. The van der Waals surface area contributed by atoms with E-state index in [0.717, 1.165) is 32.2 Å². The van der Waals surface area contributed by atoms with Crippen LogP contribution in [0.15, 0.2) is 25.3 Å². The van der Waals surface area contributed by atoms with Gasteiger partial charge in [0.1, 0.15) is 0 Å². The van der Waals surface area contributed by atoms with Crippen LogP contribution in [0.1, 0.15) is 60.3 Å². The number of piperidine rings is 1. The molecule has 0 aromatic heterocycles. The summed E-state index contributed by atoms with van der Waals surface area (Å²) in [7, 11) is 0. The standard InChI is InChI=1S/C19H32N2O3/c1-8-11-12-20(16(22)9-2)15-13-18(4,5)21(19(6,7)14-15)24-17(23)10-3/h9-10,15H,2-3,8,11-14H2,1,4-7H3. The quantitative estimate of drug-likeness (QED) is 0.668. The number of hydrogen-bond acceptors (Lipinski definition) is 4. The third kappa shape index (κ3) is 4.69. The Morgan fingerprint density at radius 2 is 1.71 bits per heavy atom. The van der Waals surface area contributed by atoms with Crippen LogP contribution in [0.4, 0.5) is 0 Å². The van der Waals surface area contributed by atoms with Crippen LogP contribution in [0, 0.1) is 0 Å². The fourth-order valence-corrected chi connectivity index (χ4v) is 3.72. The van der Waals surface area contributed by atoms with Crippen LogP contribution < -0.4 is 0 Å². The predicted octanol–water partition coefficient (Wildman–Crippen LogP) is 3.47. The summed E-state index contributed by atoms with van der Waals surface area (Å²) in [4.78, 5) is 31.5. The number of amides is 1. The molecule has 0 radical (unpaired) electrons. The highest BCUT2D eigenvalue weighted by Gasteiger charge is 2.49. The third-order valence-electron chi connectivity index (χ3n) is 4.57. The molecule has 1 aliphatic rings. The molecule has 1 saturated heterocycles. The van der Waals surface area contributed by atoms with E-state index in [9.17, 15) is 9.59 Å². The first-order valence-electron chi connectivity index (χ1n) is 8.66. The SMILES string of the molecule is C=CC(=O)ON1C(C)(C)CC(N(CCCC)C(=O)C=C)CC1(C)C. The Morgan fingerprint density at radius 3 is 2.12 bits per heavy atom. The zero-order valence-corrected chi connectivity index (χ0v) is 15.8. The minimum atomic E-state index is -0.459. The van der Waals surface area contributed by atoms with Crippen LogP contribution in [-0.4, -0.2) is 45.5 Å². The van der Waals surface area contributed by atoms with Crippen molar-refractivity contribution in [1.82, 2.24) is 9.96 Å². The maximum Gasteiger partial charge on any atom is 0.349 e. The largest absolute Gasteiger partial charge is 0.363 e. The molecule has 1 amide bonds. The van der Waals surface area contributed by atoms with Gasteiger partial charge in [-0.15, -0.1) is 5.06 Å². The predicted molar refractivity (Wildman–Crippen MR) is 96.1 cm³/mol. The van der Waals surface area contributed by atoms with E-state index in [1.165, 1.54) is 12.2 Å². The van der Waals surface area contributed by atoms with Crippen LogP contribution >= 0.6 is 0 Å². The van der Waals surface area contributed by atoms with Crippen LogP contribution in [0.5, 0.6) is 0 Å². The van der Waals surface area contributed by atoms with Gasteiger partial charge in [-0.3, -0.25) is 4.79 Å². The molecule has 1 aliphatic heterocycles. The molecule has 0 N–H and O–H groups in total. The Bertz CT molecular complexity index is 479. The normalized spacial score (nSPS) is 20.2. The molecule has 5 heteroatoms. The van der Waals surface area contributed by atoms with Crippen molar-refractivity contribution in [3.63, 3.8) is 0 Å². The van der Waals surface area contributed by atoms with Crippen molar-refractivity contribution in [2.45, 2.75) is 77.4 Å². The molecule has 0 saturated carbocycles. The summed E-state index contributed by atoms with van der Waals surface area (Å²) >= 11 is 0. The van der Waals surface area contributed by atoms with Gasteiger partial charge in [0.25, 0.3) is 0 Å². The van der Waals surface area contributed by atoms with Crippen molar-refractivity contribution in [3.05, 3.63) is 25.3 Å². The average Bonchev–Trinajstić information content (AvgIpc) is 2.49. The smallest absolute Gasteiger partial charge is 0.349 e. The number of hydrogen-bond donors (Lipinski definition) is 0. The van der Waals surface area contributed by atoms with Gasteiger partial charge in [-0.1, -0.05) is 26.5 Å². The van der Waals surface area contributed by atoms with Gasteiger partial charge in [-0.05, 0) is 53.0 Å². The van der Waals surface area contributed by atoms with E-state index >= 15 is 0 Å². The highest BCUT2D eigenvalue weighted by Crippen LogP contribution is 2.40. The Kier molecular flexibility index (Phi) is 6.78. The molecule has 1 heterocycles. The van der Waals surface area contributed by atoms with Gasteiger partial charge in [-0.2, -0.15) is 0 Å². The molecule has 1 rings (SSSR count). The molecule has 0 aromatic carbocycles. The molecule has 0 spiro atoms. The average molecular weight is 336 g/mol. The summed E-state index contributed by atoms with van der Waals surface area (Å²) in [6, 6.07) is 0.0886. The van der Waals surface area contributed by atoms with Crippen molar-refractivity contribution >= 4 is 11.9 Å². The molecule has 0 bridgehead atoms. The van der Waals surface area contributed by atoms with Gasteiger partial charge in [0, 0.05) is 18.7 Å². The van der Waals surface area contributed by atoms with Gasteiger partial charge in [-0.25, -0.2) is 4.79 Å². The van der Waals surface area contributed by atoms with Gasteiger partial charge in [0.05, 0.1) is 11.1 Å². The van der Waals surface area contributed by atoms with Crippen LogP contribution in [0.3, 0.4) is 0 Å². The number of rotatable bonds is 7. The van der Waals surface area contributed by atoms with Crippen molar-refractivity contribution in [2.75, 3.05) is 6.54 Å². The summed E-state index contributed by atoms with van der Waals surface area (Å²) < 4.78 is 0. The summed E-state index contributed by atoms with van der Waals surface area (Å²) in [6.07, 6.45) is 6.01. The number of hydroxylamine groups is 2. The second kappa shape index (κ2) is 7.97. The summed E-state index contributed by atoms with van der Waals surface area (Å²) in [6.45, 7) is 18.1. The maximum atomic E-state index is 12.3. The first-order chi connectivity index (χ1) is 11.1. The lowest BCUT2D eigenvalue weighted by molar-refractivity contribution is -0.268. The Hall–Kier alpha value is -1.62. The topological polar surface area (TPSA) is 49.9 Å². The molecular weight excluding hydrogens is 304 g/mol. The summed E-state index contributed by atoms with van der Waals surface area (Å²) in [5, 5.41) is 1.76. The monoisotopic (exact) mass is 336 g/mol. The molecule has 0 atom stereocenters. The second-order valence-corrected chi connectivity index (χ2v) is 7.69. The molecule has 136 valence electrons. The van der Waals surface area contributed by atoms with Crippen molar-refractivity contribution in [2.24, 2.45) is 0 Å². The van der Waals surface area contributed by atoms with E-state index in [2.05, 4.69) is 20.1 Å². The maximum absolute atomic E-state index is 12.3. The van der Waals surface area contributed by atoms with Crippen LogP contribution in [0.25, 0.3) is 0 Å². The molecule has 0 aliphatic carbocycles. The van der Waals surface area contributed by atoms with Gasteiger partial charge in [0.2, 0.25) is 5.91 Å². The van der Waals surface area contributed by atoms with E-state index in [1.54, 1.807) is 5.06 Å². The molecule has 0 aromatic rings. The molecule has 1 fully saturated rings. The summed E-state index contributed by atoms with van der Waals surface area (Å²) in [5.74, 6) is -0.490. The highest BCUT2D eigenvalue weighted by molar-refractivity contribution is 5.87. The number of nitrogens with zero attached hydrogens (tertiary/aromatic N) is 2. The Labute approximate surface area is 146 Å². The Balaban J connectivity index is 3.06. The van der Waals surface area contributed by atoms with E-state index in [1.807, 2.05) is 32.6 Å². The summed E-state index contributed by atoms with van der Waals surface area (Å²) in [5.41, 5.74) is -0.784. The van der Waals surface area contributed by atoms with E-state index < -0.39 is 17.0 Å². The van der Waals surface area contributed by atoms with E-state index in [4.69, 9.17) is 4.84 Å².